The number of likely N-dealkylation sites (tertiary alicyclic amines) is 1. The molecule has 0 atom stereocenters. The van der Waals surface area contributed by atoms with Crippen molar-refractivity contribution in [1.82, 2.24) is 15.5 Å². The Bertz CT molecular complexity index is 516. The Kier molecular flexibility index (Phi) is 11.5. The van der Waals surface area contributed by atoms with Gasteiger partial charge in [0.15, 0.2) is 5.96 Å². The maximum absolute atomic E-state index is 6.20. The third-order valence-electron chi connectivity index (χ3n) is 4.63. The summed E-state index contributed by atoms with van der Waals surface area (Å²) in [6.45, 7) is 7.17. The number of guanidine groups is 1. The first-order chi connectivity index (χ1) is 11.7. The van der Waals surface area contributed by atoms with E-state index in [2.05, 4.69) is 35.6 Å². The van der Waals surface area contributed by atoms with Gasteiger partial charge in [-0.2, -0.15) is 0 Å². The fraction of sp³-hybridized carbons (Fsp3) is 0.632. The second kappa shape index (κ2) is 12.8. The topological polar surface area (TPSA) is 39.7 Å². The lowest BCUT2D eigenvalue weighted by Crippen LogP contribution is -2.38. The van der Waals surface area contributed by atoms with Gasteiger partial charge in [-0.05, 0) is 70.3 Å². The minimum absolute atomic E-state index is 0. The summed E-state index contributed by atoms with van der Waals surface area (Å²) in [6, 6.07) is 8.02. The number of nitrogens with one attached hydrogen (secondary N) is 2. The van der Waals surface area contributed by atoms with E-state index < -0.39 is 0 Å². The molecule has 1 saturated heterocycles. The van der Waals surface area contributed by atoms with E-state index in [1.54, 1.807) is 0 Å². The van der Waals surface area contributed by atoms with E-state index in [0.717, 1.165) is 43.0 Å². The highest BCUT2D eigenvalue weighted by molar-refractivity contribution is 14.0. The standard InChI is InChI=1S/C19H31ClN4.HI/c1-3-21-19(22-12-8-16-10-14-24(2)15-11-16)23-13-9-17-6-4-5-7-18(17)20;/h4-7,16H,3,8-15H2,1-2H3,(H2,21,22,23);1H. The molecule has 4 nitrogen and oxygen atoms in total. The minimum Gasteiger partial charge on any atom is -0.357 e. The highest BCUT2D eigenvalue weighted by Gasteiger charge is 2.15. The van der Waals surface area contributed by atoms with Crippen LogP contribution in [0.1, 0.15) is 31.7 Å². The van der Waals surface area contributed by atoms with Crippen LogP contribution in [0, 0.1) is 5.92 Å². The SMILES string of the molecule is CCNC(=NCCC1CCN(C)CC1)NCCc1ccccc1Cl.I. The first-order valence-corrected chi connectivity index (χ1v) is 9.51. The molecule has 25 heavy (non-hydrogen) atoms. The van der Waals surface area contributed by atoms with Crippen LogP contribution in [0.4, 0.5) is 0 Å². The second-order valence-corrected chi connectivity index (χ2v) is 6.97. The van der Waals surface area contributed by atoms with Crippen LogP contribution in [0.25, 0.3) is 0 Å². The molecule has 1 aromatic carbocycles. The van der Waals surface area contributed by atoms with Gasteiger partial charge in [-0.1, -0.05) is 29.8 Å². The van der Waals surface area contributed by atoms with E-state index in [0.29, 0.717) is 0 Å². The third-order valence-corrected chi connectivity index (χ3v) is 5.00. The van der Waals surface area contributed by atoms with Crippen molar-refractivity contribution in [2.45, 2.75) is 32.6 Å². The Morgan fingerprint density at radius 1 is 1.24 bits per heavy atom. The molecule has 0 amide bonds. The smallest absolute Gasteiger partial charge is 0.191 e. The number of rotatable bonds is 7. The first-order valence-electron chi connectivity index (χ1n) is 9.13. The van der Waals surface area contributed by atoms with Crippen LogP contribution >= 0.6 is 35.6 Å². The monoisotopic (exact) mass is 478 g/mol. The van der Waals surface area contributed by atoms with E-state index in [9.17, 15) is 0 Å². The zero-order valence-corrected chi connectivity index (χ0v) is 18.5. The number of hydrogen-bond acceptors (Lipinski definition) is 2. The lowest BCUT2D eigenvalue weighted by atomic mass is 9.94. The quantitative estimate of drug-likeness (QED) is 0.356. The molecule has 1 aliphatic rings. The van der Waals surface area contributed by atoms with Crippen molar-refractivity contribution in [3.8, 4) is 0 Å². The minimum atomic E-state index is 0. The van der Waals surface area contributed by atoms with Crippen LogP contribution in [0.5, 0.6) is 0 Å². The third kappa shape index (κ3) is 8.60. The molecule has 0 aliphatic carbocycles. The fourth-order valence-corrected chi connectivity index (χ4v) is 3.30. The number of hydrogen-bond donors (Lipinski definition) is 2. The highest BCUT2D eigenvalue weighted by Crippen LogP contribution is 2.19. The predicted molar refractivity (Wildman–Crippen MR) is 119 cm³/mol. The normalized spacial score (nSPS) is 16.4. The summed E-state index contributed by atoms with van der Waals surface area (Å²) >= 11 is 6.20. The van der Waals surface area contributed by atoms with Gasteiger partial charge < -0.3 is 15.5 Å². The molecule has 2 N–H and O–H groups in total. The molecule has 6 heteroatoms. The van der Waals surface area contributed by atoms with E-state index >= 15 is 0 Å². The second-order valence-electron chi connectivity index (χ2n) is 6.56. The van der Waals surface area contributed by atoms with E-state index in [1.165, 1.54) is 37.9 Å². The predicted octanol–water partition coefficient (Wildman–Crippen LogP) is 3.79. The van der Waals surface area contributed by atoms with Gasteiger partial charge in [-0.25, -0.2) is 0 Å². The Morgan fingerprint density at radius 3 is 2.64 bits per heavy atom. The summed E-state index contributed by atoms with van der Waals surface area (Å²) in [5.41, 5.74) is 1.17. The summed E-state index contributed by atoms with van der Waals surface area (Å²) in [6.07, 6.45) is 4.71. The zero-order valence-electron chi connectivity index (χ0n) is 15.4. The van der Waals surface area contributed by atoms with Crippen molar-refractivity contribution in [2.75, 3.05) is 39.8 Å². The number of aliphatic imine (C=N–C) groups is 1. The summed E-state index contributed by atoms with van der Waals surface area (Å²) < 4.78 is 0. The van der Waals surface area contributed by atoms with Crippen molar-refractivity contribution < 1.29 is 0 Å². The molecule has 0 aromatic heterocycles. The number of nitrogens with zero attached hydrogens (tertiary/aromatic N) is 2. The molecule has 1 heterocycles. The van der Waals surface area contributed by atoms with E-state index in [4.69, 9.17) is 16.6 Å². The fourth-order valence-electron chi connectivity index (χ4n) is 3.07. The van der Waals surface area contributed by atoms with Gasteiger partial charge in [0.1, 0.15) is 0 Å². The maximum Gasteiger partial charge on any atom is 0.191 e. The summed E-state index contributed by atoms with van der Waals surface area (Å²) in [4.78, 5) is 7.14. The average molecular weight is 479 g/mol. The van der Waals surface area contributed by atoms with Crippen molar-refractivity contribution in [2.24, 2.45) is 10.9 Å². The number of benzene rings is 1. The molecule has 1 fully saturated rings. The van der Waals surface area contributed by atoms with Crippen molar-refractivity contribution in [1.29, 1.82) is 0 Å². The van der Waals surface area contributed by atoms with Crippen LogP contribution in [-0.2, 0) is 6.42 Å². The van der Waals surface area contributed by atoms with Gasteiger partial charge in [-0.15, -0.1) is 24.0 Å². The van der Waals surface area contributed by atoms with Gasteiger partial charge in [0.25, 0.3) is 0 Å². The number of halogens is 2. The molecule has 0 saturated carbocycles. The summed E-state index contributed by atoms with van der Waals surface area (Å²) in [7, 11) is 2.21. The van der Waals surface area contributed by atoms with Gasteiger partial charge in [-0.3, -0.25) is 4.99 Å². The Labute approximate surface area is 174 Å². The molecule has 0 bridgehead atoms. The Hall–Kier alpha value is -0.530. The van der Waals surface area contributed by atoms with Crippen LogP contribution in [0.2, 0.25) is 5.02 Å². The van der Waals surface area contributed by atoms with Crippen molar-refractivity contribution in [3.63, 3.8) is 0 Å². The largest absolute Gasteiger partial charge is 0.357 e. The molecule has 1 aliphatic heterocycles. The molecular weight excluding hydrogens is 447 g/mol. The average Bonchev–Trinajstić information content (AvgIpc) is 2.58. The zero-order chi connectivity index (χ0) is 17.2. The van der Waals surface area contributed by atoms with Gasteiger partial charge in [0, 0.05) is 24.7 Å². The lowest BCUT2D eigenvalue weighted by Gasteiger charge is -2.28. The van der Waals surface area contributed by atoms with E-state index in [-0.39, 0.29) is 24.0 Å². The Balaban J connectivity index is 0.00000312. The highest BCUT2D eigenvalue weighted by atomic mass is 127. The van der Waals surface area contributed by atoms with Gasteiger partial charge in [0.2, 0.25) is 0 Å². The summed E-state index contributed by atoms with van der Waals surface area (Å²) in [5, 5.41) is 7.58. The van der Waals surface area contributed by atoms with Gasteiger partial charge >= 0.3 is 0 Å². The van der Waals surface area contributed by atoms with Crippen molar-refractivity contribution in [3.05, 3.63) is 34.9 Å². The molecule has 1 aromatic rings. The molecule has 0 spiro atoms. The number of piperidine rings is 1. The Morgan fingerprint density at radius 2 is 1.96 bits per heavy atom. The van der Waals surface area contributed by atoms with Crippen LogP contribution in [0.3, 0.4) is 0 Å². The molecular formula is C19H32ClIN4. The molecule has 0 unspecified atom stereocenters. The van der Waals surface area contributed by atoms with Crippen molar-refractivity contribution >= 4 is 41.5 Å². The van der Waals surface area contributed by atoms with Crippen LogP contribution in [-0.4, -0.2) is 50.6 Å². The molecule has 142 valence electrons. The lowest BCUT2D eigenvalue weighted by molar-refractivity contribution is 0.214. The van der Waals surface area contributed by atoms with Crippen LogP contribution in [0.15, 0.2) is 29.3 Å². The first kappa shape index (κ1) is 22.5. The van der Waals surface area contributed by atoms with Crippen LogP contribution < -0.4 is 10.6 Å². The van der Waals surface area contributed by atoms with E-state index in [1.807, 2.05) is 18.2 Å². The maximum atomic E-state index is 6.20. The summed E-state index contributed by atoms with van der Waals surface area (Å²) in [5.74, 6) is 1.74. The molecule has 0 radical (unpaired) electrons. The van der Waals surface area contributed by atoms with Gasteiger partial charge in [0.05, 0.1) is 0 Å². The molecule has 2 rings (SSSR count).